The second kappa shape index (κ2) is 6.29. The van der Waals surface area contributed by atoms with Crippen LogP contribution in [0.25, 0.3) is 0 Å². The van der Waals surface area contributed by atoms with Crippen LogP contribution in [-0.2, 0) is 0 Å². The number of hydrogen-bond donors (Lipinski definition) is 1. The summed E-state index contributed by atoms with van der Waals surface area (Å²) in [5.74, 6) is 0.274. The molecule has 1 N–H and O–H groups in total. The molecule has 0 fully saturated rings. The number of nitrogens with one attached hydrogen (secondary N) is 1. The van der Waals surface area contributed by atoms with Crippen molar-refractivity contribution in [2.45, 2.75) is 6.92 Å². The number of ether oxygens (including phenoxy) is 1. The van der Waals surface area contributed by atoms with E-state index in [1.165, 1.54) is 7.11 Å². The lowest BCUT2D eigenvalue weighted by molar-refractivity contribution is 0.102. The summed E-state index contributed by atoms with van der Waals surface area (Å²) in [7, 11) is 1.54. The SMILES string of the molecule is COc1ccc(C)cc1C(=O)Nc1ccc(Br)cc1Cl. The van der Waals surface area contributed by atoms with E-state index in [9.17, 15) is 4.79 Å². The van der Waals surface area contributed by atoms with Crippen LogP contribution in [0.1, 0.15) is 15.9 Å². The predicted octanol–water partition coefficient (Wildman–Crippen LogP) is 4.67. The molecule has 104 valence electrons. The monoisotopic (exact) mass is 353 g/mol. The van der Waals surface area contributed by atoms with E-state index in [0.717, 1.165) is 10.0 Å². The summed E-state index contributed by atoms with van der Waals surface area (Å²) in [5, 5.41) is 3.26. The summed E-state index contributed by atoms with van der Waals surface area (Å²) in [4.78, 5) is 12.3. The highest BCUT2D eigenvalue weighted by atomic mass is 79.9. The molecule has 0 aliphatic heterocycles. The lowest BCUT2D eigenvalue weighted by Crippen LogP contribution is -2.13. The fraction of sp³-hybridized carbons (Fsp3) is 0.133. The zero-order chi connectivity index (χ0) is 14.7. The first kappa shape index (κ1) is 14.9. The van der Waals surface area contributed by atoms with Crippen molar-refractivity contribution < 1.29 is 9.53 Å². The Hall–Kier alpha value is -1.52. The van der Waals surface area contributed by atoms with E-state index in [1.807, 2.05) is 19.1 Å². The summed E-state index contributed by atoms with van der Waals surface area (Å²) >= 11 is 9.41. The van der Waals surface area contributed by atoms with Gasteiger partial charge in [-0.25, -0.2) is 0 Å². The van der Waals surface area contributed by atoms with Crippen LogP contribution in [0, 0.1) is 6.92 Å². The Morgan fingerprint density at radius 2 is 2.00 bits per heavy atom. The maximum atomic E-state index is 12.3. The Kier molecular flexibility index (Phi) is 4.68. The van der Waals surface area contributed by atoms with E-state index in [1.54, 1.807) is 24.3 Å². The highest BCUT2D eigenvalue weighted by Gasteiger charge is 2.14. The summed E-state index contributed by atoms with van der Waals surface area (Å²) < 4.78 is 6.06. The lowest BCUT2D eigenvalue weighted by Gasteiger charge is -2.11. The second-order valence-electron chi connectivity index (χ2n) is 4.28. The number of carbonyl (C=O) groups is 1. The molecule has 0 aliphatic carbocycles. The first-order valence-corrected chi connectivity index (χ1v) is 7.09. The minimum atomic E-state index is -0.255. The predicted molar refractivity (Wildman–Crippen MR) is 84.8 cm³/mol. The van der Waals surface area contributed by atoms with E-state index in [4.69, 9.17) is 16.3 Å². The van der Waals surface area contributed by atoms with Crippen LogP contribution in [0.3, 0.4) is 0 Å². The van der Waals surface area contributed by atoms with Crippen molar-refractivity contribution in [1.82, 2.24) is 0 Å². The van der Waals surface area contributed by atoms with Gasteiger partial charge in [0.2, 0.25) is 0 Å². The molecule has 0 saturated carbocycles. The molecular formula is C15H13BrClNO2. The van der Waals surface area contributed by atoms with Gasteiger partial charge in [-0.3, -0.25) is 4.79 Å². The number of halogens is 2. The molecule has 0 aliphatic rings. The van der Waals surface area contributed by atoms with Gasteiger partial charge >= 0.3 is 0 Å². The van der Waals surface area contributed by atoms with Crippen molar-refractivity contribution in [2.24, 2.45) is 0 Å². The molecule has 0 bridgehead atoms. The molecule has 2 aromatic carbocycles. The fourth-order valence-corrected chi connectivity index (χ4v) is 2.50. The largest absolute Gasteiger partial charge is 0.496 e. The van der Waals surface area contributed by atoms with Gasteiger partial charge < -0.3 is 10.1 Å². The third-order valence-electron chi connectivity index (χ3n) is 2.78. The van der Waals surface area contributed by atoms with Gasteiger partial charge in [-0.15, -0.1) is 0 Å². The zero-order valence-corrected chi connectivity index (χ0v) is 13.4. The summed E-state index contributed by atoms with van der Waals surface area (Å²) in [6, 6.07) is 10.7. The van der Waals surface area contributed by atoms with Gasteiger partial charge in [-0.1, -0.05) is 39.2 Å². The first-order chi connectivity index (χ1) is 9.51. The summed E-state index contributed by atoms with van der Waals surface area (Å²) in [6.45, 7) is 1.92. The number of aryl methyl sites for hydroxylation is 1. The number of anilines is 1. The molecule has 1 amide bonds. The van der Waals surface area contributed by atoms with Crippen LogP contribution < -0.4 is 10.1 Å². The molecule has 0 heterocycles. The molecule has 5 heteroatoms. The standard InChI is InChI=1S/C15H13BrClNO2/c1-9-3-6-14(20-2)11(7-9)15(19)18-13-5-4-10(16)8-12(13)17/h3-8H,1-2H3,(H,18,19). The Morgan fingerprint density at radius 3 is 2.65 bits per heavy atom. The van der Waals surface area contributed by atoms with E-state index in [0.29, 0.717) is 22.0 Å². The molecule has 2 aromatic rings. The van der Waals surface area contributed by atoms with Crippen LogP contribution in [0.4, 0.5) is 5.69 Å². The molecule has 20 heavy (non-hydrogen) atoms. The number of rotatable bonds is 3. The number of benzene rings is 2. The lowest BCUT2D eigenvalue weighted by atomic mass is 10.1. The van der Waals surface area contributed by atoms with Crippen LogP contribution >= 0.6 is 27.5 Å². The Morgan fingerprint density at radius 1 is 1.25 bits per heavy atom. The van der Waals surface area contributed by atoms with Crippen LogP contribution in [-0.4, -0.2) is 13.0 Å². The van der Waals surface area contributed by atoms with Gasteiger partial charge in [-0.2, -0.15) is 0 Å². The third-order valence-corrected chi connectivity index (χ3v) is 3.58. The molecule has 3 nitrogen and oxygen atoms in total. The third kappa shape index (κ3) is 3.32. The van der Waals surface area contributed by atoms with Gasteiger partial charge in [0.05, 0.1) is 23.4 Å². The minimum Gasteiger partial charge on any atom is -0.496 e. The number of amides is 1. The van der Waals surface area contributed by atoms with Crippen molar-refractivity contribution in [3.63, 3.8) is 0 Å². The van der Waals surface area contributed by atoms with E-state index < -0.39 is 0 Å². The van der Waals surface area contributed by atoms with E-state index in [2.05, 4.69) is 21.2 Å². The van der Waals surface area contributed by atoms with Crippen molar-refractivity contribution in [3.05, 3.63) is 57.0 Å². The number of carbonyl (C=O) groups excluding carboxylic acids is 1. The van der Waals surface area contributed by atoms with Crippen LogP contribution in [0.15, 0.2) is 40.9 Å². The highest BCUT2D eigenvalue weighted by Crippen LogP contribution is 2.27. The quantitative estimate of drug-likeness (QED) is 0.869. The number of hydrogen-bond acceptors (Lipinski definition) is 2. The van der Waals surface area contributed by atoms with Crippen LogP contribution in [0.2, 0.25) is 5.02 Å². The fourth-order valence-electron chi connectivity index (χ4n) is 1.78. The average molecular weight is 355 g/mol. The molecule has 0 saturated heterocycles. The van der Waals surface area contributed by atoms with Gasteiger partial charge in [0.25, 0.3) is 5.91 Å². The second-order valence-corrected chi connectivity index (χ2v) is 5.60. The smallest absolute Gasteiger partial charge is 0.259 e. The maximum absolute atomic E-state index is 12.3. The Balaban J connectivity index is 2.30. The van der Waals surface area contributed by atoms with Gasteiger partial charge in [0, 0.05) is 4.47 Å². The zero-order valence-electron chi connectivity index (χ0n) is 11.0. The summed E-state index contributed by atoms with van der Waals surface area (Å²) in [5.41, 5.74) is 2.02. The molecule has 0 radical (unpaired) electrons. The molecule has 0 spiro atoms. The topological polar surface area (TPSA) is 38.3 Å². The van der Waals surface area contributed by atoms with Crippen molar-refractivity contribution >= 4 is 39.1 Å². The van der Waals surface area contributed by atoms with Crippen LogP contribution in [0.5, 0.6) is 5.75 Å². The maximum Gasteiger partial charge on any atom is 0.259 e. The minimum absolute atomic E-state index is 0.255. The van der Waals surface area contributed by atoms with Crippen molar-refractivity contribution in [2.75, 3.05) is 12.4 Å². The average Bonchev–Trinajstić information content (AvgIpc) is 2.41. The van der Waals surface area contributed by atoms with E-state index in [-0.39, 0.29) is 5.91 Å². The van der Waals surface area contributed by atoms with Crippen molar-refractivity contribution in [3.8, 4) is 5.75 Å². The molecule has 0 atom stereocenters. The van der Waals surface area contributed by atoms with E-state index >= 15 is 0 Å². The molecule has 0 aromatic heterocycles. The Bertz CT molecular complexity index is 658. The molecular weight excluding hydrogens is 342 g/mol. The van der Waals surface area contributed by atoms with Crippen molar-refractivity contribution in [1.29, 1.82) is 0 Å². The first-order valence-electron chi connectivity index (χ1n) is 5.92. The van der Waals surface area contributed by atoms with Gasteiger partial charge in [-0.05, 0) is 37.3 Å². The van der Waals surface area contributed by atoms with Gasteiger partial charge in [0.1, 0.15) is 5.75 Å². The molecule has 2 rings (SSSR count). The van der Waals surface area contributed by atoms with Gasteiger partial charge in [0.15, 0.2) is 0 Å². The normalized spacial score (nSPS) is 10.2. The summed E-state index contributed by atoms with van der Waals surface area (Å²) in [6.07, 6.45) is 0. The Labute approximate surface area is 131 Å². The number of methoxy groups -OCH3 is 1. The highest BCUT2D eigenvalue weighted by molar-refractivity contribution is 9.10. The molecule has 0 unspecified atom stereocenters.